The Hall–Kier alpha value is -1.65. The number of nitrogens with two attached hydrogens (primary N) is 2. The van der Waals surface area contributed by atoms with E-state index in [1.54, 1.807) is 0 Å². The van der Waals surface area contributed by atoms with Gasteiger partial charge in [0.05, 0.1) is 0 Å². The highest BCUT2D eigenvalue weighted by Crippen LogP contribution is 1.92. The normalized spacial score (nSPS) is 9.20. The average molecular weight is 137 g/mol. The summed E-state index contributed by atoms with van der Waals surface area (Å²) in [7, 11) is 0. The van der Waals surface area contributed by atoms with Crippen LogP contribution in [0, 0.1) is 6.07 Å². The Morgan fingerprint density at radius 2 is 2.40 bits per heavy atom. The molecule has 10 heavy (non-hydrogen) atoms. The van der Waals surface area contributed by atoms with E-state index in [1.807, 2.05) is 0 Å². The number of amides is 1. The Balaban J connectivity index is 3.07. The third-order valence-electron chi connectivity index (χ3n) is 0.846. The molecule has 0 fully saturated rings. The van der Waals surface area contributed by atoms with Gasteiger partial charge in [-0.3, -0.25) is 4.79 Å². The van der Waals surface area contributed by atoms with Gasteiger partial charge in [0, 0.05) is 12.3 Å². The van der Waals surface area contributed by atoms with Crippen LogP contribution in [0.2, 0.25) is 0 Å². The van der Waals surface area contributed by atoms with E-state index < -0.39 is 5.91 Å². The van der Waals surface area contributed by atoms with Crippen molar-refractivity contribution in [2.24, 2.45) is 5.73 Å². The molecule has 0 spiro atoms. The molecule has 0 saturated carbocycles. The van der Waals surface area contributed by atoms with Gasteiger partial charge in [-0.05, 0) is 0 Å². The number of nitrogen functional groups attached to an aromatic ring is 1. The lowest BCUT2D eigenvalue weighted by Crippen LogP contribution is -2.15. The van der Waals surface area contributed by atoms with Gasteiger partial charge in [0.25, 0.3) is 5.91 Å². The lowest BCUT2D eigenvalue weighted by atomic mass is 10.5. The Morgan fingerprint density at radius 1 is 1.70 bits per heavy atom. The molecule has 4 N–H and O–H groups in total. The van der Waals surface area contributed by atoms with Crippen molar-refractivity contribution in [2.75, 3.05) is 5.73 Å². The molecule has 0 aliphatic carbocycles. The fourth-order valence-electron chi connectivity index (χ4n) is 0.454. The maximum Gasteiger partial charge on any atom is 0.286 e. The highest BCUT2D eigenvalue weighted by molar-refractivity contribution is 5.88. The quantitative estimate of drug-likeness (QED) is 0.516. The topological polar surface area (TPSA) is 94.9 Å². The molecule has 5 nitrogen and oxygen atoms in total. The van der Waals surface area contributed by atoms with Gasteiger partial charge in [0.15, 0.2) is 0 Å². The first-order valence-electron chi connectivity index (χ1n) is 2.50. The zero-order valence-corrected chi connectivity index (χ0v) is 5.03. The zero-order valence-electron chi connectivity index (χ0n) is 5.03. The Morgan fingerprint density at radius 3 is 2.80 bits per heavy atom. The molecule has 0 unspecified atom stereocenters. The second-order valence-corrected chi connectivity index (χ2v) is 1.59. The van der Waals surface area contributed by atoms with Crippen LogP contribution in [-0.4, -0.2) is 15.9 Å². The molecule has 1 aromatic rings. The molecule has 0 bridgehead atoms. The SMILES string of the molecule is NC(=O)c1nc[c]c(N)n1. The van der Waals surface area contributed by atoms with Crippen LogP contribution < -0.4 is 11.5 Å². The lowest BCUT2D eigenvalue weighted by molar-refractivity contribution is 0.0990. The fraction of sp³-hybridized carbons (Fsp3) is 0. The summed E-state index contributed by atoms with van der Waals surface area (Å²) in [6.45, 7) is 0. The molecule has 5 heteroatoms. The molecule has 1 radical (unpaired) electrons. The van der Waals surface area contributed by atoms with Gasteiger partial charge in [-0.1, -0.05) is 0 Å². The minimum absolute atomic E-state index is 0.0868. The molecule has 1 heterocycles. The molecular weight excluding hydrogens is 132 g/mol. The van der Waals surface area contributed by atoms with Gasteiger partial charge in [0.2, 0.25) is 5.82 Å². The van der Waals surface area contributed by atoms with Crippen LogP contribution in [-0.2, 0) is 0 Å². The van der Waals surface area contributed by atoms with Gasteiger partial charge >= 0.3 is 0 Å². The third kappa shape index (κ3) is 1.19. The van der Waals surface area contributed by atoms with Crippen LogP contribution in [0.15, 0.2) is 6.20 Å². The summed E-state index contributed by atoms with van der Waals surface area (Å²) in [5, 5.41) is 0. The Bertz CT molecular complexity index is 260. The molecule has 51 valence electrons. The van der Waals surface area contributed by atoms with Gasteiger partial charge in [-0.2, -0.15) is 0 Å². The number of hydrogen-bond donors (Lipinski definition) is 2. The fourth-order valence-corrected chi connectivity index (χ4v) is 0.454. The molecule has 0 aromatic carbocycles. The predicted octanol–water partition coefficient (Wildman–Crippen LogP) is -1.04. The number of aromatic nitrogens is 2. The van der Waals surface area contributed by atoms with E-state index in [-0.39, 0.29) is 11.6 Å². The number of carbonyl (C=O) groups excluding carboxylic acids is 1. The summed E-state index contributed by atoms with van der Waals surface area (Å²) in [4.78, 5) is 17.4. The highest BCUT2D eigenvalue weighted by atomic mass is 16.1. The second kappa shape index (κ2) is 2.30. The molecular formula is C5H5N4O. The van der Waals surface area contributed by atoms with Crippen LogP contribution >= 0.6 is 0 Å². The summed E-state index contributed by atoms with van der Waals surface area (Å²) in [5.74, 6) is -0.666. The maximum absolute atomic E-state index is 10.4. The van der Waals surface area contributed by atoms with Crippen molar-refractivity contribution < 1.29 is 4.79 Å². The molecule has 0 saturated heterocycles. The van der Waals surface area contributed by atoms with E-state index in [0.717, 1.165) is 0 Å². The van der Waals surface area contributed by atoms with Crippen molar-refractivity contribution >= 4 is 11.7 Å². The minimum Gasteiger partial charge on any atom is -0.383 e. The number of rotatable bonds is 1. The van der Waals surface area contributed by atoms with Crippen molar-refractivity contribution in [3.63, 3.8) is 0 Å². The molecule has 1 aromatic heterocycles. The summed E-state index contributed by atoms with van der Waals surface area (Å²) < 4.78 is 0. The number of anilines is 1. The van der Waals surface area contributed by atoms with E-state index in [0.29, 0.717) is 0 Å². The molecule has 0 aliphatic heterocycles. The predicted molar refractivity (Wildman–Crippen MR) is 33.8 cm³/mol. The van der Waals surface area contributed by atoms with Crippen LogP contribution in [0.4, 0.5) is 5.82 Å². The highest BCUT2D eigenvalue weighted by Gasteiger charge is 2.01. The van der Waals surface area contributed by atoms with Crippen LogP contribution in [0.5, 0.6) is 0 Å². The Labute approximate surface area is 57.1 Å². The van der Waals surface area contributed by atoms with Crippen molar-refractivity contribution in [3.8, 4) is 0 Å². The third-order valence-corrected chi connectivity index (χ3v) is 0.846. The summed E-state index contributed by atoms with van der Waals surface area (Å²) >= 11 is 0. The first kappa shape index (κ1) is 6.47. The first-order valence-corrected chi connectivity index (χ1v) is 2.50. The number of hydrogen-bond acceptors (Lipinski definition) is 4. The monoisotopic (exact) mass is 137 g/mol. The van der Waals surface area contributed by atoms with Crippen LogP contribution in [0.1, 0.15) is 10.6 Å². The van der Waals surface area contributed by atoms with Gasteiger partial charge in [0.1, 0.15) is 5.82 Å². The number of primary amides is 1. The lowest BCUT2D eigenvalue weighted by Gasteiger charge is -1.92. The molecule has 0 aliphatic rings. The largest absolute Gasteiger partial charge is 0.383 e. The van der Waals surface area contributed by atoms with Crippen molar-refractivity contribution in [2.45, 2.75) is 0 Å². The maximum atomic E-state index is 10.4. The molecule has 0 atom stereocenters. The van der Waals surface area contributed by atoms with E-state index in [4.69, 9.17) is 11.5 Å². The first-order chi connectivity index (χ1) is 4.70. The van der Waals surface area contributed by atoms with Gasteiger partial charge in [-0.15, -0.1) is 0 Å². The van der Waals surface area contributed by atoms with E-state index >= 15 is 0 Å². The molecule has 1 rings (SSSR count). The van der Waals surface area contributed by atoms with Crippen molar-refractivity contribution in [3.05, 3.63) is 18.1 Å². The summed E-state index contributed by atoms with van der Waals surface area (Å²) in [5.41, 5.74) is 10.0. The average Bonchev–Trinajstić information content (AvgIpc) is 1.88. The number of carbonyl (C=O) groups is 1. The molecule has 1 amide bonds. The number of nitrogens with zero attached hydrogens (tertiary/aromatic N) is 2. The minimum atomic E-state index is -0.694. The van der Waals surface area contributed by atoms with Crippen molar-refractivity contribution in [1.82, 2.24) is 9.97 Å². The van der Waals surface area contributed by atoms with Crippen LogP contribution in [0.3, 0.4) is 0 Å². The Kier molecular flexibility index (Phi) is 1.49. The zero-order chi connectivity index (χ0) is 7.56. The van der Waals surface area contributed by atoms with Crippen LogP contribution in [0.25, 0.3) is 0 Å². The standard InChI is InChI=1S/C5H5N4O/c6-3-1-2-8-5(9-3)4(7)10/h2H,(H2,7,10)(H2,6,8,9). The van der Waals surface area contributed by atoms with E-state index in [2.05, 4.69) is 16.0 Å². The van der Waals surface area contributed by atoms with Gasteiger partial charge < -0.3 is 11.5 Å². The van der Waals surface area contributed by atoms with E-state index in [9.17, 15) is 4.79 Å². The summed E-state index contributed by atoms with van der Waals surface area (Å²) in [6, 6.07) is 2.47. The van der Waals surface area contributed by atoms with Gasteiger partial charge in [-0.25, -0.2) is 9.97 Å². The smallest absolute Gasteiger partial charge is 0.286 e. The second-order valence-electron chi connectivity index (χ2n) is 1.59. The van der Waals surface area contributed by atoms with Crippen molar-refractivity contribution in [1.29, 1.82) is 0 Å². The summed E-state index contributed by atoms with van der Waals surface area (Å²) in [6.07, 6.45) is 1.25. The van der Waals surface area contributed by atoms with E-state index in [1.165, 1.54) is 6.20 Å².